The Hall–Kier alpha value is -1.13. The standard InChI is InChI=1S/C15H19ClFNO2/c1-2-15(14(19)20)5-7-18(8-6-15)10-11-3-4-12(17)9-13(11)16/h3-4,9H,2,5-8,10H2,1H3,(H,19,20). The second-order valence-corrected chi connectivity index (χ2v) is 5.86. The molecule has 3 nitrogen and oxygen atoms in total. The van der Waals surface area contributed by atoms with Crippen molar-refractivity contribution in [3.63, 3.8) is 0 Å². The monoisotopic (exact) mass is 299 g/mol. The number of hydrogen-bond donors (Lipinski definition) is 1. The summed E-state index contributed by atoms with van der Waals surface area (Å²) in [5.41, 5.74) is 0.302. The van der Waals surface area contributed by atoms with Crippen LogP contribution < -0.4 is 0 Å². The highest BCUT2D eigenvalue weighted by molar-refractivity contribution is 6.31. The summed E-state index contributed by atoms with van der Waals surface area (Å²) in [6.07, 6.45) is 1.96. The second kappa shape index (κ2) is 6.10. The fourth-order valence-corrected chi connectivity index (χ4v) is 2.98. The number of piperidine rings is 1. The number of rotatable bonds is 4. The molecule has 1 fully saturated rings. The first kappa shape index (κ1) is 15.3. The van der Waals surface area contributed by atoms with E-state index in [2.05, 4.69) is 4.90 Å². The number of benzene rings is 1. The van der Waals surface area contributed by atoms with Crippen LogP contribution in [-0.4, -0.2) is 29.1 Å². The molecular weight excluding hydrogens is 281 g/mol. The van der Waals surface area contributed by atoms with Gasteiger partial charge in [-0.1, -0.05) is 24.6 Å². The van der Waals surface area contributed by atoms with E-state index in [9.17, 15) is 14.3 Å². The molecule has 0 saturated carbocycles. The molecule has 2 rings (SSSR count). The minimum atomic E-state index is -0.695. The highest BCUT2D eigenvalue weighted by Gasteiger charge is 2.39. The van der Waals surface area contributed by atoms with Gasteiger partial charge in [0.05, 0.1) is 5.41 Å². The van der Waals surface area contributed by atoms with E-state index in [0.717, 1.165) is 18.7 Å². The molecule has 5 heteroatoms. The Balaban J connectivity index is 1.99. The quantitative estimate of drug-likeness (QED) is 0.924. The highest BCUT2D eigenvalue weighted by atomic mass is 35.5. The lowest BCUT2D eigenvalue weighted by Crippen LogP contribution is -2.43. The Morgan fingerprint density at radius 3 is 2.60 bits per heavy atom. The molecule has 110 valence electrons. The zero-order valence-corrected chi connectivity index (χ0v) is 12.3. The van der Waals surface area contributed by atoms with Gasteiger partial charge in [0.25, 0.3) is 0 Å². The van der Waals surface area contributed by atoms with Gasteiger partial charge in [-0.2, -0.15) is 0 Å². The Bertz CT molecular complexity index is 499. The molecule has 1 aliphatic heterocycles. The van der Waals surface area contributed by atoms with Crippen molar-refractivity contribution in [1.82, 2.24) is 4.90 Å². The topological polar surface area (TPSA) is 40.5 Å². The van der Waals surface area contributed by atoms with Crippen molar-refractivity contribution in [1.29, 1.82) is 0 Å². The summed E-state index contributed by atoms with van der Waals surface area (Å²) < 4.78 is 13.0. The van der Waals surface area contributed by atoms with Crippen LogP contribution in [0.2, 0.25) is 5.02 Å². The molecule has 1 aliphatic rings. The summed E-state index contributed by atoms with van der Waals surface area (Å²) in [7, 11) is 0. The molecule has 0 bridgehead atoms. The van der Waals surface area contributed by atoms with E-state index in [-0.39, 0.29) is 5.82 Å². The maximum Gasteiger partial charge on any atom is 0.309 e. The lowest BCUT2D eigenvalue weighted by molar-refractivity contribution is -0.152. The first-order valence-electron chi connectivity index (χ1n) is 6.86. The largest absolute Gasteiger partial charge is 0.481 e. The molecule has 1 N–H and O–H groups in total. The van der Waals surface area contributed by atoms with Crippen LogP contribution in [0.25, 0.3) is 0 Å². The fourth-order valence-electron chi connectivity index (χ4n) is 2.75. The molecule has 0 atom stereocenters. The Labute approximate surface area is 123 Å². The SMILES string of the molecule is CCC1(C(=O)O)CCN(Cc2ccc(F)cc2Cl)CC1. The van der Waals surface area contributed by atoms with Crippen molar-refractivity contribution in [3.05, 3.63) is 34.6 Å². The number of likely N-dealkylation sites (tertiary alicyclic amines) is 1. The van der Waals surface area contributed by atoms with Crippen molar-refractivity contribution in [2.45, 2.75) is 32.7 Å². The number of nitrogens with zero attached hydrogens (tertiary/aromatic N) is 1. The summed E-state index contributed by atoms with van der Waals surface area (Å²) in [6, 6.07) is 4.41. The van der Waals surface area contributed by atoms with Crippen molar-refractivity contribution in [2.24, 2.45) is 5.41 Å². The average Bonchev–Trinajstić information content (AvgIpc) is 2.42. The van der Waals surface area contributed by atoms with Crippen LogP contribution in [-0.2, 0) is 11.3 Å². The van der Waals surface area contributed by atoms with Gasteiger partial charge in [-0.25, -0.2) is 4.39 Å². The van der Waals surface area contributed by atoms with Gasteiger partial charge in [-0.15, -0.1) is 0 Å². The zero-order valence-electron chi connectivity index (χ0n) is 11.5. The summed E-state index contributed by atoms with van der Waals surface area (Å²) in [6.45, 7) is 4.03. The molecule has 1 saturated heterocycles. The van der Waals surface area contributed by atoms with E-state index in [1.165, 1.54) is 12.1 Å². The predicted octanol–water partition coefficient (Wildman–Crippen LogP) is 3.56. The molecule has 20 heavy (non-hydrogen) atoms. The van der Waals surface area contributed by atoms with E-state index in [1.54, 1.807) is 6.07 Å². The van der Waals surface area contributed by atoms with Gasteiger partial charge in [0, 0.05) is 11.6 Å². The third kappa shape index (κ3) is 3.13. The van der Waals surface area contributed by atoms with Crippen LogP contribution in [0.4, 0.5) is 4.39 Å². The van der Waals surface area contributed by atoms with Crippen molar-refractivity contribution < 1.29 is 14.3 Å². The van der Waals surface area contributed by atoms with E-state index >= 15 is 0 Å². The number of hydrogen-bond acceptors (Lipinski definition) is 2. The van der Waals surface area contributed by atoms with Gasteiger partial charge in [0.2, 0.25) is 0 Å². The van der Waals surface area contributed by atoms with Gasteiger partial charge in [0.1, 0.15) is 5.82 Å². The lowest BCUT2D eigenvalue weighted by atomic mass is 9.76. The van der Waals surface area contributed by atoms with Gasteiger partial charge in [0.15, 0.2) is 0 Å². The third-order valence-electron chi connectivity index (χ3n) is 4.35. The van der Waals surface area contributed by atoms with E-state index < -0.39 is 11.4 Å². The minimum Gasteiger partial charge on any atom is -0.481 e. The smallest absolute Gasteiger partial charge is 0.309 e. The third-order valence-corrected chi connectivity index (χ3v) is 4.70. The fraction of sp³-hybridized carbons (Fsp3) is 0.533. The summed E-state index contributed by atoms with van der Waals surface area (Å²) >= 11 is 6.02. The van der Waals surface area contributed by atoms with Crippen LogP contribution in [0.3, 0.4) is 0 Å². The maximum atomic E-state index is 13.0. The van der Waals surface area contributed by atoms with Gasteiger partial charge in [-0.05, 0) is 50.0 Å². The van der Waals surface area contributed by atoms with Crippen LogP contribution in [0.1, 0.15) is 31.7 Å². The number of halogens is 2. The number of carboxylic acid groups (broad SMARTS) is 1. The molecule has 0 spiro atoms. The van der Waals surface area contributed by atoms with Crippen molar-refractivity contribution >= 4 is 17.6 Å². The maximum absolute atomic E-state index is 13.0. The van der Waals surface area contributed by atoms with Crippen molar-refractivity contribution in [3.8, 4) is 0 Å². The van der Waals surface area contributed by atoms with Crippen LogP contribution in [0, 0.1) is 11.2 Å². The number of carboxylic acids is 1. The molecule has 0 aromatic heterocycles. The summed E-state index contributed by atoms with van der Waals surface area (Å²) in [4.78, 5) is 13.6. The van der Waals surface area contributed by atoms with Crippen LogP contribution >= 0.6 is 11.6 Å². The van der Waals surface area contributed by atoms with Gasteiger partial charge in [-0.3, -0.25) is 9.69 Å². The first-order chi connectivity index (χ1) is 9.47. The van der Waals surface area contributed by atoms with E-state index in [0.29, 0.717) is 30.8 Å². The molecule has 1 heterocycles. The zero-order chi connectivity index (χ0) is 14.8. The van der Waals surface area contributed by atoms with Gasteiger partial charge < -0.3 is 5.11 Å². The van der Waals surface area contributed by atoms with E-state index in [1.807, 2.05) is 6.92 Å². The number of carbonyl (C=O) groups is 1. The molecular formula is C15H19ClFNO2. The Kier molecular flexibility index (Phi) is 4.66. The first-order valence-corrected chi connectivity index (χ1v) is 7.24. The Morgan fingerprint density at radius 2 is 2.10 bits per heavy atom. The summed E-state index contributed by atoms with van der Waals surface area (Å²) in [5.74, 6) is -1.03. The lowest BCUT2D eigenvalue weighted by Gasteiger charge is -2.38. The Morgan fingerprint density at radius 1 is 1.45 bits per heavy atom. The molecule has 0 aliphatic carbocycles. The van der Waals surface area contributed by atoms with Gasteiger partial charge >= 0.3 is 5.97 Å². The molecule has 0 unspecified atom stereocenters. The molecule has 0 amide bonds. The number of aliphatic carboxylic acids is 1. The van der Waals surface area contributed by atoms with Crippen LogP contribution in [0.15, 0.2) is 18.2 Å². The minimum absolute atomic E-state index is 0.340. The average molecular weight is 300 g/mol. The molecule has 1 aromatic carbocycles. The normalized spacial score (nSPS) is 18.9. The predicted molar refractivity (Wildman–Crippen MR) is 76.3 cm³/mol. The second-order valence-electron chi connectivity index (χ2n) is 5.45. The van der Waals surface area contributed by atoms with Crippen molar-refractivity contribution in [2.75, 3.05) is 13.1 Å². The molecule has 0 radical (unpaired) electrons. The molecule has 1 aromatic rings. The van der Waals surface area contributed by atoms with Crippen LogP contribution in [0.5, 0.6) is 0 Å². The van der Waals surface area contributed by atoms with E-state index in [4.69, 9.17) is 11.6 Å². The summed E-state index contributed by atoms with van der Waals surface area (Å²) in [5, 5.41) is 9.78. The highest BCUT2D eigenvalue weighted by Crippen LogP contribution is 2.35.